The van der Waals surface area contributed by atoms with Crippen LogP contribution >= 0.6 is 35.3 Å². The summed E-state index contributed by atoms with van der Waals surface area (Å²) in [5.74, 6) is 1.34. The highest BCUT2D eigenvalue weighted by Crippen LogP contribution is 2.25. The number of amides is 1. The molecule has 31 heavy (non-hydrogen) atoms. The third kappa shape index (κ3) is 7.34. The molecule has 170 valence electrons. The van der Waals surface area contributed by atoms with Gasteiger partial charge in [-0.3, -0.25) is 4.79 Å². The van der Waals surface area contributed by atoms with Crippen LogP contribution in [0.2, 0.25) is 0 Å². The molecule has 1 saturated heterocycles. The van der Waals surface area contributed by atoms with E-state index in [-0.39, 0.29) is 35.8 Å². The van der Waals surface area contributed by atoms with Crippen molar-refractivity contribution in [2.45, 2.75) is 46.2 Å². The molecule has 1 atom stereocenters. The second kappa shape index (κ2) is 12.8. The van der Waals surface area contributed by atoms with E-state index in [9.17, 15) is 4.79 Å². The van der Waals surface area contributed by atoms with E-state index in [2.05, 4.69) is 52.6 Å². The van der Waals surface area contributed by atoms with Gasteiger partial charge in [0.2, 0.25) is 5.91 Å². The number of anilines is 1. The summed E-state index contributed by atoms with van der Waals surface area (Å²) >= 11 is 1.83. The van der Waals surface area contributed by atoms with Crippen LogP contribution in [-0.4, -0.2) is 36.5 Å². The van der Waals surface area contributed by atoms with Gasteiger partial charge in [0.05, 0.1) is 19.0 Å². The number of nitrogens with zero attached hydrogens (tertiary/aromatic N) is 3. The van der Waals surface area contributed by atoms with Crippen molar-refractivity contribution in [1.29, 1.82) is 0 Å². The SMILES string of the molecule is CCNC(=NCc1cccnc1N1CCCC(C(N)=O)C1)NCc1ccc(CC)s1.I. The molecule has 1 aliphatic heterocycles. The average molecular weight is 557 g/mol. The number of piperidine rings is 1. The normalized spacial score (nSPS) is 16.5. The molecular weight excluding hydrogens is 523 g/mol. The molecule has 7 nitrogen and oxygen atoms in total. The molecule has 9 heteroatoms. The van der Waals surface area contributed by atoms with Crippen molar-refractivity contribution in [2.75, 3.05) is 24.5 Å². The van der Waals surface area contributed by atoms with E-state index in [0.29, 0.717) is 13.1 Å². The zero-order chi connectivity index (χ0) is 21.3. The summed E-state index contributed by atoms with van der Waals surface area (Å²) in [6, 6.07) is 8.34. The quantitative estimate of drug-likeness (QED) is 0.264. The van der Waals surface area contributed by atoms with Crippen molar-refractivity contribution in [1.82, 2.24) is 15.6 Å². The van der Waals surface area contributed by atoms with Gasteiger partial charge in [0.25, 0.3) is 0 Å². The van der Waals surface area contributed by atoms with Crippen molar-refractivity contribution in [2.24, 2.45) is 16.6 Å². The number of aryl methyl sites for hydroxylation is 1. The zero-order valence-corrected chi connectivity index (χ0v) is 21.4. The van der Waals surface area contributed by atoms with E-state index in [1.54, 1.807) is 6.20 Å². The lowest BCUT2D eigenvalue weighted by Gasteiger charge is -2.33. The van der Waals surface area contributed by atoms with Crippen molar-refractivity contribution in [3.05, 3.63) is 45.8 Å². The van der Waals surface area contributed by atoms with Gasteiger partial charge in [0.15, 0.2) is 5.96 Å². The third-order valence-electron chi connectivity index (χ3n) is 5.24. The summed E-state index contributed by atoms with van der Waals surface area (Å²) in [6.07, 6.45) is 4.65. The third-order valence-corrected chi connectivity index (χ3v) is 6.47. The number of hydrogen-bond donors (Lipinski definition) is 3. The van der Waals surface area contributed by atoms with Gasteiger partial charge in [-0.25, -0.2) is 9.98 Å². The lowest BCUT2D eigenvalue weighted by Crippen LogP contribution is -2.42. The Labute approximate surface area is 205 Å². The largest absolute Gasteiger partial charge is 0.369 e. The highest BCUT2D eigenvalue weighted by molar-refractivity contribution is 14.0. The van der Waals surface area contributed by atoms with Crippen LogP contribution in [0.5, 0.6) is 0 Å². The second-order valence-corrected chi connectivity index (χ2v) is 8.70. The van der Waals surface area contributed by atoms with E-state index in [1.165, 1.54) is 9.75 Å². The molecule has 0 radical (unpaired) electrons. The maximum Gasteiger partial charge on any atom is 0.222 e. The minimum atomic E-state index is -0.228. The number of carbonyl (C=O) groups excluding carboxylic acids is 1. The lowest BCUT2D eigenvalue weighted by atomic mass is 9.97. The van der Waals surface area contributed by atoms with Gasteiger partial charge in [0.1, 0.15) is 5.82 Å². The maximum atomic E-state index is 11.7. The Bertz CT molecular complexity index is 871. The molecule has 0 spiro atoms. The topological polar surface area (TPSA) is 95.6 Å². The first kappa shape index (κ1) is 25.4. The van der Waals surface area contributed by atoms with Crippen LogP contribution < -0.4 is 21.3 Å². The molecule has 4 N–H and O–H groups in total. The number of pyridine rings is 1. The smallest absolute Gasteiger partial charge is 0.222 e. The molecule has 2 aromatic rings. The minimum absolute atomic E-state index is 0. The maximum absolute atomic E-state index is 11.7. The molecular formula is C22H33IN6OS. The van der Waals surface area contributed by atoms with Crippen molar-refractivity contribution >= 4 is 53.0 Å². The van der Waals surface area contributed by atoms with Crippen LogP contribution in [-0.2, 0) is 24.3 Å². The van der Waals surface area contributed by atoms with Gasteiger partial charge in [-0.1, -0.05) is 13.0 Å². The summed E-state index contributed by atoms with van der Waals surface area (Å²) in [5, 5.41) is 6.73. The number of rotatable bonds is 8. The van der Waals surface area contributed by atoms with Gasteiger partial charge in [-0.15, -0.1) is 35.3 Å². The fraction of sp³-hybridized carbons (Fsp3) is 0.500. The molecule has 1 amide bonds. The van der Waals surface area contributed by atoms with Gasteiger partial charge < -0.3 is 21.3 Å². The number of carbonyl (C=O) groups is 1. The Kier molecular flexibility index (Phi) is 10.5. The first-order chi connectivity index (χ1) is 14.6. The van der Waals surface area contributed by atoms with Crippen LogP contribution in [0, 0.1) is 5.92 Å². The van der Waals surface area contributed by atoms with E-state index < -0.39 is 0 Å². The van der Waals surface area contributed by atoms with Crippen LogP contribution in [0.25, 0.3) is 0 Å². The first-order valence-corrected chi connectivity index (χ1v) is 11.5. The number of hydrogen-bond acceptors (Lipinski definition) is 5. The molecule has 2 aromatic heterocycles. The number of primary amides is 1. The van der Waals surface area contributed by atoms with E-state index in [0.717, 1.165) is 56.2 Å². The van der Waals surface area contributed by atoms with Gasteiger partial charge in [0, 0.05) is 41.1 Å². The fourth-order valence-electron chi connectivity index (χ4n) is 3.62. The Balaban J connectivity index is 0.00000341. The summed E-state index contributed by atoms with van der Waals surface area (Å²) in [5.41, 5.74) is 6.59. The molecule has 0 aliphatic carbocycles. The fourth-order valence-corrected chi connectivity index (χ4v) is 4.52. The molecule has 3 heterocycles. The Morgan fingerprint density at radius 2 is 2.10 bits per heavy atom. The lowest BCUT2D eigenvalue weighted by molar-refractivity contribution is -0.122. The molecule has 0 aromatic carbocycles. The number of thiophene rings is 1. The summed E-state index contributed by atoms with van der Waals surface area (Å²) in [6.45, 7) is 7.80. The highest BCUT2D eigenvalue weighted by atomic mass is 127. The van der Waals surface area contributed by atoms with Crippen LogP contribution in [0.4, 0.5) is 5.82 Å². The number of halogens is 1. The molecule has 1 aliphatic rings. The second-order valence-electron chi connectivity index (χ2n) is 7.44. The van der Waals surface area contributed by atoms with Gasteiger partial charge >= 0.3 is 0 Å². The van der Waals surface area contributed by atoms with Crippen LogP contribution in [0.15, 0.2) is 35.5 Å². The van der Waals surface area contributed by atoms with Crippen LogP contribution in [0.3, 0.4) is 0 Å². The van der Waals surface area contributed by atoms with E-state index in [4.69, 9.17) is 10.7 Å². The van der Waals surface area contributed by atoms with Crippen molar-refractivity contribution < 1.29 is 4.79 Å². The average Bonchev–Trinajstić information content (AvgIpc) is 3.24. The van der Waals surface area contributed by atoms with E-state index >= 15 is 0 Å². The standard InChI is InChI=1S/C22H32N6OS.HI/c1-3-18-9-10-19(30-18)14-27-22(24-4-2)26-13-16-7-5-11-25-21(16)28-12-6-8-17(15-28)20(23)29;/h5,7,9-11,17H,3-4,6,8,12-15H2,1-2H3,(H2,23,29)(H2,24,26,27);1H. The minimum Gasteiger partial charge on any atom is -0.369 e. The monoisotopic (exact) mass is 556 g/mol. The molecule has 1 unspecified atom stereocenters. The summed E-state index contributed by atoms with van der Waals surface area (Å²) in [4.78, 5) is 25.9. The van der Waals surface area contributed by atoms with Crippen molar-refractivity contribution in [3.8, 4) is 0 Å². The number of aliphatic imine (C=N–C) groups is 1. The molecule has 3 rings (SSSR count). The zero-order valence-electron chi connectivity index (χ0n) is 18.3. The molecule has 0 saturated carbocycles. The highest BCUT2D eigenvalue weighted by Gasteiger charge is 2.25. The number of aromatic nitrogens is 1. The first-order valence-electron chi connectivity index (χ1n) is 10.7. The number of nitrogens with one attached hydrogen (secondary N) is 2. The summed E-state index contributed by atoms with van der Waals surface area (Å²) < 4.78 is 0. The van der Waals surface area contributed by atoms with Crippen LogP contribution in [0.1, 0.15) is 42.0 Å². The van der Waals surface area contributed by atoms with Crippen molar-refractivity contribution in [3.63, 3.8) is 0 Å². The summed E-state index contributed by atoms with van der Waals surface area (Å²) in [7, 11) is 0. The molecule has 0 bridgehead atoms. The Hall–Kier alpha value is -1.88. The predicted octanol–water partition coefficient (Wildman–Crippen LogP) is 3.28. The van der Waals surface area contributed by atoms with E-state index in [1.807, 2.05) is 17.4 Å². The molecule has 1 fully saturated rings. The Morgan fingerprint density at radius 3 is 2.81 bits per heavy atom. The number of nitrogens with two attached hydrogens (primary N) is 1. The van der Waals surface area contributed by atoms with Gasteiger partial charge in [-0.05, 0) is 44.4 Å². The number of guanidine groups is 1. The predicted molar refractivity (Wildman–Crippen MR) is 139 cm³/mol. The van der Waals surface area contributed by atoms with Gasteiger partial charge in [-0.2, -0.15) is 0 Å². The Morgan fingerprint density at radius 1 is 1.29 bits per heavy atom.